The maximum absolute atomic E-state index is 11.5. The molecular weight excluding hydrogens is 605 g/mol. The number of halogens is 2. The lowest BCUT2D eigenvalue weighted by Gasteiger charge is -2.40. The van der Waals surface area contributed by atoms with E-state index in [1.165, 1.54) is 55.5 Å². The molecule has 2 amide bonds. The van der Waals surface area contributed by atoms with E-state index in [0.29, 0.717) is 22.4 Å². The van der Waals surface area contributed by atoms with Crippen molar-refractivity contribution < 1.29 is 9.59 Å². The van der Waals surface area contributed by atoms with Crippen LogP contribution < -0.4 is 10.6 Å². The van der Waals surface area contributed by atoms with Gasteiger partial charge in [0.1, 0.15) is 0 Å². The summed E-state index contributed by atoms with van der Waals surface area (Å²) in [5, 5.41) is 6.91. The molecule has 2 aromatic carbocycles. The number of nitrogens with zero attached hydrogens (tertiary/aromatic N) is 3. The van der Waals surface area contributed by atoms with Gasteiger partial charge in [-0.25, -0.2) is 0 Å². The molecule has 45 heavy (non-hydrogen) atoms. The average molecular weight is 657 g/mol. The Morgan fingerprint density at radius 2 is 1.27 bits per heavy atom. The molecule has 5 rings (SSSR count). The summed E-state index contributed by atoms with van der Waals surface area (Å²) in [6.45, 7) is 10.5. The third-order valence-corrected chi connectivity index (χ3v) is 10.8. The summed E-state index contributed by atoms with van der Waals surface area (Å²) < 4.78 is 0. The molecule has 2 aromatic rings. The van der Waals surface area contributed by atoms with Crippen LogP contribution >= 0.6 is 23.2 Å². The van der Waals surface area contributed by atoms with Crippen molar-refractivity contribution >= 4 is 35.5 Å². The van der Waals surface area contributed by atoms with Gasteiger partial charge in [-0.3, -0.25) is 19.4 Å². The topological polar surface area (TPSA) is 67.9 Å². The standard InChI is InChI=1S/C36H51Cl2N5O2/c1-39-36(45)3-2-10-41-13-6-30(7-14-41)31-8-15-43(16-9-31)25-29-17-28(24-42-11-4-27(5-12-42)23-40-26-44)18-32(19-29)33-20-34(37)22-35(38)21-33/h17-22,26-27,30-31H,2-16,23-25H2,1H3,(H,39,45)(H,40,44). The van der Waals surface area contributed by atoms with Crippen LogP contribution in [0.4, 0.5) is 0 Å². The summed E-state index contributed by atoms with van der Waals surface area (Å²) in [6.07, 6.45) is 9.78. The minimum absolute atomic E-state index is 0.148. The molecule has 0 bridgehead atoms. The van der Waals surface area contributed by atoms with Crippen molar-refractivity contribution in [2.45, 2.75) is 64.5 Å². The van der Waals surface area contributed by atoms with Gasteiger partial charge in [-0.1, -0.05) is 29.3 Å². The Bertz CT molecular complexity index is 1230. The predicted octanol–water partition coefficient (Wildman–Crippen LogP) is 6.07. The highest BCUT2D eigenvalue weighted by molar-refractivity contribution is 6.35. The number of amides is 2. The van der Waals surface area contributed by atoms with Crippen LogP contribution in [0.1, 0.15) is 62.5 Å². The van der Waals surface area contributed by atoms with Gasteiger partial charge in [-0.05, 0) is 161 Å². The van der Waals surface area contributed by atoms with E-state index < -0.39 is 0 Å². The van der Waals surface area contributed by atoms with Crippen molar-refractivity contribution in [3.8, 4) is 11.1 Å². The summed E-state index contributed by atoms with van der Waals surface area (Å²) in [7, 11) is 1.72. The van der Waals surface area contributed by atoms with Crippen LogP contribution in [0.15, 0.2) is 36.4 Å². The molecular formula is C36H51Cl2N5O2. The first kappa shape index (κ1) is 34.2. The molecule has 7 nitrogen and oxygen atoms in total. The van der Waals surface area contributed by atoms with Crippen LogP contribution in [-0.4, -0.2) is 86.4 Å². The van der Waals surface area contributed by atoms with E-state index >= 15 is 0 Å². The summed E-state index contributed by atoms with van der Waals surface area (Å²) in [5.41, 5.74) is 4.93. The molecule has 0 spiro atoms. The van der Waals surface area contributed by atoms with Crippen molar-refractivity contribution in [2.24, 2.45) is 17.8 Å². The van der Waals surface area contributed by atoms with Crippen molar-refractivity contribution in [1.29, 1.82) is 0 Å². The van der Waals surface area contributed by atoms with E-state index in [4.69, 9.17) is 23.2 Å². The Balaban J connectivity index is 1.17. The maximum Gasteiger partial charge on any atom is 0.219 e. The zero-order valence-electron chi connectivity index (χ0n) is 26.9. The van der Waals surface area contributed by atoms with Crippen LogP contribution in [-0.2, 0) is 22.7 Å². The van der Waals surface area contributed by atoms with Crippen LogP contribution in [0.2, 0.25) is 10.0 Å². The predicted molar refractivity (Wildman–Crippen MR) is 184 cm³/mol. The Labute approximate surface area is 280 Å². The van der Waals surface area contributed by atoms with E-state index in [2.05, 4.69) is 43.5 Å². The highest BCUT2D eigenvalue weighted by atomic mass is 35.5. The summed E-state index contributed by atoms with van der Waals surface area (Å²) in [5.74, 6) is 2.38. The molecule has 0 unspecified atom stereocenters. The second-order valence-electron chi connectivity index (χ2n) is 13.5. The van der Waals surface area contributed by atoms with Gasteiger partial charge in [0.15, 0.2) is 0 Å². The molecule has 3 heterocycles. The highest BCUT2D eigenvalue weighted by Gasteiger charge is 2.29. The Morgan fingerprint density at radius 3 is 1.80 bits per heavy atom. The first-order valence-electron chi connectivity index (χ1n) is 17.0. The molecule has 3 aliphatic rings. The third-order valence-electron chi connectivity index (χ3n) is 10.3. The van der Waals surface area contributed by atoms with Crippen LogP contribution in [0.5, 0.6) is 0 Å². The third kappa shape index (κ3) is 10.4. The molecule has 0 aliphatic carbocycles. The zero-order valence-corrected chi connectivity index (χ0v) is 28.4. The monoisotopic (exact) mass is 655 g/mol. The van der Waals surface area contributed by atoms with Crippen molar-refractivity contribution in [3.05, 3.63) is 57.6 Å². The lowest BCUT2D eigenvalue weighted by molar-refractivity contribution is -0.120. The molecule has 3 saturated heterocycles. The summed E-state index contributed by atoms with van der Waals surface area (Å²) >= 11 is 12.8. The molecule has 0 atom stereocenters. The molecule has 0 radical (unpaired) electrons. The molecule has 246 valence electrons. The SMILES string of the molecule is CNC(=O)CCCN1CCC(C2CCN(Cc3cc(CN4CCC(CNC=O)CC4)cc(-c4cc(Cl)cc(Cl)c4)c3)CC2)CC1. The number of hydrogen-bond acceptors (Lipinski definition) is 5. The first-order chi connectivity index (χ1) is 21.9. The molecule has 0 aromatic heterocycles. The first-order valence-corrected chi connectivity index (χ1v) is 17.8. The van der Waals surface area contributed by atoms with Gasteiger partial charge in [0, 0.05) is 43.1 Å². The Morgan fingerprint density at radius 1 is 0.756 bits per heavy atom. The smallest absolute Gasteiger partial charge is 0.219 e. The van der Waals surface area contributed by atoms with Crippen molar-refractivity contribution in [3.63, 3.8) is 0 Å². The number of rotatable bonds is 13. The second-order valence-corrected chi connectivity index (χ2v) is 14.4. The average Bonchev–Trinajstić information content (AvgIpc) is 3.04. The van der Waals surface area contributed by atoms with Gasteiger partial charge in [0.25, 0.3) is 0 Å². The largest absolute Gasteiger partial charge is 0.359 e. The summed E-state index contributed by atoms with van der Waals surface area (Å²) in [6, 6.07) is 12.9. The van der Waals surface area contributed by atoms with Crippen molar-refractivity contribution in [2.75, 3.05) is 59.4 Å². The van der Waals surface area contributed by atoms with Gasteiger partial charge in [0.05, 0.1) is 0 Å². The number of nitrogens with one attached hydrogen (secondary N) is 2. The van der Waals surface area contributed by atoms with Gasteiger partial charge < -0.3 is 15.5 Å². The number of benzene rings is 2. The number of carbonyl (C=O) groups is 2. The van der Waals surface area contributed by atoms with Crippen LogP contribution in [0, 0.1) is 17.8 Å². The van der Waals surface area contributed by atoms with Gasteiger partial charge in [-0.15, -0.1) is 0 Å². The Hall–Kier alpha value is -2.16. The molecule has 0 saturated carbocycles. The second kappa shape index (κ2) is 17.1. The molecule has 3 aliphatic heterocycles. The van der Waals surface area contributed by atoms with E-state index in [9.17, 15) is 9.59 Å². The van der Waals surface area contributed by atoms with Crippen molar-refractivity contribution in [1.82, 2.24) is 25.3 Å². The lowest BCUT2D eigenvalue weighted by Crippen LogP contribution is -2.41. The lowest BCUT2D eigenvalue weighted by atomic mass is 9.78. The molecule has 2 N–H and O–H groups in total. The minimum Gasteiger partial charge on any atom is -0.359 e. The molecule has 3 fully saturated rings. The van der Waals surface area contributed by atoms with Crippen LogP contribution in [0.25, 0.3) is 11.1 Å². The normalized spacial score (nSPS) is 19.9. The molecule has 9 heteroatoms. The Kier molecular flexibility index (Phi) is 13.0. The minimum atomic E-state index is 0.148. The van der Waals surface area contributed by atoms with Crippen LogP contribution in [0.3, 0.4) is 0 Å². The van der Waals surface area contributed by atoms with Gasteiger partial charge in [-0.2, -0.15) is 0 Å². The number of hydrogen-bond donors (Lipinski definition) is 2. The van der Waals surface area contributed by atoms with E-state index in [-0.39, 0.29) is 5.91 Å². The van der Waals surface area contributed by atoms with E-state index in [1.807, 2.05) is 12.1 Å². The van der Waals surface area contributed by atoms with E-state index in [1.54, 1.807) is 13.1 Å². The fraction of sp³-hybridized carbons (Fsp3) is 0.611. The van der Waals surface area contributed by atoms with E-state index in [0.717, 1.165) is 95.4 Å². The van der Waals surface area contributed by atoms with Gasteiger partial charge >= 0.3 is 0 Å². The highest BCUT2D eigenvalue weighted by Crippen LogP contribution is 2.34. The summed E-state index contributed by atoms with van der Waals surface area (Å²) in [4.78, 5) is 30.0. The number of piperidine rings is 3. The van der Waals surface area contributed by atoms with Gasteiger partial charge in [0.2, 0.25) is 12.3 Å². The fourth-order valence-electron chi connectivity index (χ4n) is 7.73. The quantitative estimate of drug-likeness (QED) is 0.257. The maximum atomic E-state index is 11.5. The number of likely N-dealkylation sites (tertiary alicyclic amines) is 3. The zero-order chi connectivity index (χ0) is 31.6. The fourth-order valence-corrected chi connectivity index (χ4v) is 8.26. The number of carbonyl (C=O) groups excluding carboxylic acids is 2.